The lowest BCUT2D eigenvalue weighted by molar-refractivity contribution is -0.129. The molecule has 0 aromatic heterocycles. The largest absolute Gasteiger partial charge is 0.342 e. The van der Waals surface area contributed by atoms with Crippen LogP contribution in [0.15, 0.2) is 30.3 Å². The van der Waals surface area contributed by atoms with Crippen molar-refractivity contribution < 1.29 is 4.79 Å². The first-order chi connectivity index (χ1) is 8.93. The Balaban J connectivity index is 2.00. The van der Waals surface area contributed by atoms with Crippen molar-refractivity contribution in [1.82, 2.24) is 4.90 Å². The maximum Gasteiger partial charge on any atom is 0.219 e. The van der Waals surface area contributed by atoms with E-state index in [-0.39, 0.29) is 11.3 Å². The van der Waals surface area contributed by atoms with Gasteiger partial charge in [-0.25, -0.2) is 0 Å². The monoisotopic (exact) mass is 259 g/mol. The fourth-order valence-electron chi connectivity index (χ4n) is 2.93. The van der Waals surface area contributed by atoms with Gasteiger partial charge in [-0.1, -0.05) is 51.1 Å². The molecule has 0 aliphatic heterocycles. The molecule has 1 aromatic rings. The third-order valence-corrected chi connectivity index (χ3v) is 4.32. The maximum atomic E-state index is 11.7. The van der Waals surface area contributed by atoms with Crippen LogP contribution in [-0.2, 0) is 10.2 Å². The lowest BCUT2D eigenvalue weighted by atomic mass is 9.95. The van der Waals surface area contributed by atoms with E-state index in [9.17, 15) is 4.79 Å². The Morgan fingerprint density at radius 3 is 2.53 bits per heavy atom. The van der Waals surface area contributed by atoms with Gasteiger partial charge in [-0.2, -0.15) is 0 Å². The number of carbonyl (C=O) groups excluding carboxylic acids is 1. The molecule has 104 valence electrons. The van der Waals surface area contributed by atoms with E-state index in [4.69, 9.17) is 0 Å². The smallest absolute Gasteiger partial charge is 0.219 e. The lowest BCUT2D eigenvalue weighted by Crippen LogP contribution is -2.35. The van der Waals surface area contributed by atoms with Crippen molar-refractivity contribution in [2.75, 3.05) is 13.1 Å². The molecule has 0 heterocycles. The van der Waals surface area contributed by atoms with Gasteiger partial charge < -0.3 is 4.90 Å². The van der Waals surface area contributed by atoms with Crippen LogP contribution in [0.3, 0.4) is 0 Å². The summed E-state index contributed by atoms with van der Waals surface area (Å²) >= 11 is 0. The van der Waals surface area contributed by atoms with Gasteiger partial charge in [-0.15, -0.1) is 0 Å². The zero-order valence-electron chi connectivity index (χ0n) is 12.5. The summed E-state index contributed by atoms with van der Waals surface area (Å²) in [5.41, 5.74) is 1.68. The average molecular weight is 259 g/mol. The Bertz CT molecular complexity index is 440. The fourth-order valence-corrected chi connectivity index (χ4v) is 2.93. The molecule has 2 unspecified atom stereocenters. The Labute approximate surface area is 116 Å². The minimum atomic E-state index is 0.205. The third kappa shape index (κ3) is 3.17. The molecule has 1 aliphatic rings. The molecule has 2 rings (SSSR count). The van der Waals surface area contributed by atoms with Crippen molar-refractivity contribution >= 4 is 5.91 Å². The van der Waals surface area contributed by atoms with Gasteiger partial charge in [0.1, 0.15) is 0 Å². The van der Waals surface area contributed by atoms with E-state index in [2.05, 4.69) is 51.1 Å². The lowest BCUT2D eigenvalue weighted by Gasteiger charge is -2.24. The molecule has 0 radical (unpaired) electrons. The average Bonchev–Trinajstić information content (AvgIpc) is 3.01. The quantitative estimate of drug-likeness (QED) is 0.793. The zero-order chi connectivity index (χ0) is 14.0. The first kappa shape index (κ1) is 14.1. The normalized spacial score (nSPS) is 25.4. The van der Waals surface area contributed by atoms with Crippen LogP contribution in [0.1, 0.15) is 39.7 Å². The molecule has 1 saturated carbocycles. The third-order valence-electron chi connectivity index (χ3n) is 4.32. The number of benzene rings is 1. The molecule has 0 bridgehead atoms. The molecule has 1 fully saturated rings. The number of rotatable bonds is 5. The minimum absolute atomic E-state index is 0.205. The SMILES string of the molecule is CC(=O)N(CC(C)C)CC1CC1(C)c1ccccc1. The van der Waals surface area contributed by atoms with Crippen LogP contribution < -0.4 is 0 Å². The van der Waals surface area contributed by atoms with Crippen molar-refractivity contribution in [3.8, 4) is 0 Å². The maximum absolute atomic E-state index is 11.7. The summed E-state index contributed by atoms with van der Waals surface area (Å²) in [5.74, 6) is 1.35. The second kappa shape index (κ2) is 5.36. The number of carbonyl (C=O) groups is 1. The molecule has 1 aliphatic carbocycles. The highest BCUT2D eigenvalue weighted by Crippen LogP contribution is 2.54. The molecule has 1 aromatic carbocycles. The Morgan fingerprint density at radius 1 is 1.37 bits per heavy atom. The van der Waals surface area contributed by atoms with E-state index in [1.807, 2.05) is 4.90 Å². The highest BCUT2D eigenvalue weighted by molar-refractivity contribution is 5.73. The molecule has 0 saturated heterocycles. The number of hydrogen-bond acceptors (Lipinski definition) is 1. The first-order valence-corrected chi connectivity index (χ1v) is 7.24. The summed E-state index contributed by atoms with van der Waals surface area (Å²) in [6, 6.07) is 10.7. The van der Waals surface area contributed by atoms with Gasteiger partial charge in [0.25, 0.3) is 0 Å². The summed E-state index contributed by atoms with van der Waals surface area (Å²) in [6.45, 7) is 10.1. The van der Waals surface area contributed by atoms with Gasteiger partial charge >= 0.3 is 0 Å². The molecule has 0 N–H and O–H groups in total. The van der Waals surface area contributed by atoms with E-state index in [1.165, 1.54) is 12.0 Å². The summed E-state index contributed by atoms with van der Waals surface area (Å²) in [6.07, 6.45) is 1.19. The van der Waals surface area contributed by atoms with Gasteiger partial charge in [0.05, 0.1) is 0 Å². The highest BCUT2D eigenvalue weighted by atomic mass is 16.2. The van der Waals surface area contributed by atoms with Crippen LogP contribution >= 0.6 is 0 Å². The molecule has 0 spiro atoms. The minimum Gasteiger partial charge on any atom is -0.342 e. The second-order valence-corrected chi connectivity index (χ2v) is 6.50. The summed E-state index contributed by atoms with van der Waals surface area (Å²) in [5, 5.41) is 0. The Morgan fingerprint density at radius 2 is 2.00 bits per heavy atom. The van der Waals surface area contributed by atoms with Crippen LogP contribution in [-0.4, -0.2) is 23.9 Å². The topological polar surface area (TPSA) is 20.3 Å². The van der Waals surface area contributed by atoms with Gasteiger partial charge in [-0.05, 0) is 29.2 Å². The van der Waals surface area contributed by atoms with Gasteiger partial charge in [0.15, 0.2) is 0 Å². The van der Waals surface area contributed by atoms with Crippen LogP contribution in [0.2, 0.25) is 0 Å². The van der Waals surface area contributed by atoms with Crippen LogP contribution in [0.25, 0.3) is 0 Å². The number of hydrogen-bond donors (Lipinski definition) is 0. The molecule has 19 heavy (non-hydrogen) atoms. The molecular formula is C17H25NO. The number of amides is 1. The van der Waals surface area contributed by atoms with E-state index < -0.39 is 0 Å². The van der Waals surface area contributed by atoms with E-state index in [0.29, 0.717) is 11.8 Å². The zero-order valence-corrected chi connectivity index (χ0v) is 12.5. The molecular weight excluding hydrogens is 234 g/mol. The van der Waals surface area contributed by atoms with E-state index in [0.717, 1.165) is 13.1 Å². The van der Waals surface area contributed by atoms with Crippen molar-refractivity contribution in [3.05, 3.63) is 35.9 Å². The van der Waals surface area contributed by atoms with E-state index >= 15 is 0 Å². The summed E-state index contributed by atoms with van der Waals surface area (Å²) in [7, 11) is 0. The summed E-state index contributed by atoms with van der Waals surface area (Å²) in [4.78, 5) is 13.7. The standard InChI is InChI=1S/C17H25NO/c1-13(2)11-18(14(3)19)12-16-10-17(16,4)15-8-6-5-7-9-15/h5-9,13,16H,10-12H2,1-4H3. The molecule has 2 nitrogen and oxygen atoms in total. The van der Waals surface area contributed by atoms with Crippen molar-refractivity contribution in [1.29, 1.82) is 0 Å². The van der Waals surface area contributed by atoms with Crippen LogP contribution in [0.5, 0.6) is 0 Å². The van der Waals surface area contributed by atoms with Crippen LogP contribution in [0, 0.1) is 11.8 Å². The van der Waals surface area contributed by atoms with E-state index in [1.54, 1.807) is 6.92 Å². The van der Waals surface area contributed by atoms with Crippen molar-refractivity contribution in [2.45, 2.75) is 39.5 Å². The second-order valence-electron chi connectivity index (χ2n) is 6.50. The highest BCUT2D eigenvalue weighted by Gasteiger charge is 2.51. The predicted octanol–water partition coefficient (Wildman–Crippen LogP) is 3.47. The summed E-state index contributed by atoms with van der Waals surface area (Å²) < 4.78 is 0. The van der Waals surface area contributed by atoms with Crippen LogP contribution in [0.4, 0.5) is 0 Å². The molecule has 2 heteroatoms. The number of nitrogens with zero attached hydrogens (tertiary/aromatic N) is 1. The predicted molar refractivity (Wildman–Crippen MR) is 79.0 cm³/mol. The first-order valence-electron chi connectivity index (χ1n) is 7.24. The van der Waals surface area contributed by atoms with Crippen molar-refractivity contribution in [2.24, 2.45) is 11.8 Å². The molecule has 1 amide bonds. The van der Waals surface area contributed by atoms with Gasteiger partial charge in [0.2, 0.25) is 5.91 Å². The van der Waals surface area contributed by atoms with Crippen molar-refractivity contribution in [3.63, 3.8) is 0 Å². The molecule has 2 atom stereocenters. The fraction of sp³-hybridized carbons (Fsp3) is 0.588. The Hall–Kier alpha value is -1.31. The van der Waals surface area contributed by atoms with Gasteiger partial charge in [0, 0.05) is 20.0 Å². The Kier molecular flexibility index (Phi) is 3.98. The van der Waals surface area contributed by atoms with Gasteiger partial charge in [-0.3, -0.25) is 4.79 Å².